The number of furan rings is 1. The second-order valence-corrected chi connectivity index (χ2v) is 8.84. The van der Waals surface area contributed by atoms with E-state index in [1.165, 1.54) is 36.1 Å². The quantitative estimate of drug-likeness (QED) is 0.193. The van der Waals surface area contributed by atoms with Gasteiger partial charge in [0.1, 0.15) is 0 Å². The van der Waals surface area contributed by atoms with Crippen LogP contribution in [0.4, 0.5) is 5.69 Å². The second kappa shape index (κ2) is 9.20. The third-order valence-corrected chi connectivity index (χ3v) is 6.10. The number of carbonyl (C=O) groups excluding carboxylic acids is 2. The summed E-state index contributed by atoms with van der Waals surface area (Å²) in [7, 11) is 1.43. The van der Waals surface area contributed by atoms with Crippen LogP contribution in [-0.4, -0.2) is 23.3 Å². The van der Waals surface area contributed by atoms with Gasteiger partial charge in [-0.1, -0.05) is 47.7 Å². The van der Waals surface area contributed by atoms with E-state index in [1.54, 1.807) is 24.3 Å². The number of benzene rings is 2. The van der Waals surface area contributed by atoms with Crippen LogP contribution in [0, 0.1) is 6.92 Å². The number of aryl methyl sites for hydroxylation is 1. The van der Waals surface area contributed by atoms with Gasteiger partial charge in [-0.2, -0.15) is 0 Å². The van der Waals surface area contributed by atoms with Crippen LogP contribution < -0.4 is 14.4 Å². The largest absolute Gasteiger partial charge is 0.493 e. The van der Waals surface area contributed by atoms with Gasteiger partial charge >= 0.3 is 5.97 Å². The van der Waals surface area contributed by atoms with E-state index in [2.05, 4.69) is 0 Å². The number of thioether (sulfide) groups is 1. The van der Waals surface area contributed by atoms with E-state index in [4.69, 9.17) is 37.7 Å². The second-order valence-electron chi connectivity index (χ2n) is 6.76. The molecule has 0 atom stereocenters. The van der Waals surface area contributed by atoms with Crippen molar-refractivity contribution < 1.29 is 23.5 Å². The Balaban J connectivity index is 1.63. The van der Waals surface area contributed by atoms with Crippen LogP contribution in [-0.2, 0) is 4.79 Å². The molecular formula is C23H16ClNO5S2. The van der Waals surface area contributed by atoms with E-state index in [9.17, 15) is 9.59 Å². The topological polar surface area (TPSA) is 69.0 Å². The standard InChI is InChI=1S/C23H16ClNO5S2/c1-13-5-3-6-15(9-13)25-21(26)19(32-23(25)31)12-14-10-16(24)20(18(11-14)28-2)30-22(27)17-7-4-8-29-17/h3-12H,1-2H3. The number of rotatable bonds is 5. The molecule has 32 heavy (non-hydrogen) atoms. The van der Waals surface area contributed by atoms with Gasteiger partial charge in [0.25, 0.3) is 5.91 Å². The number of hydrogen-bond acceptors (Lipinski definition) is 7. The number of carbonyl (C=O) groups is 2. The molecule has 0 aliphatic carbocycles. The Kier molecular flexibility index (Phi) is 6.36. The third-order valence-electron chi connectivity index (χ3n) is 4.52. The lowest BCUT2D eigenvalue weighted by molar-refractivity contribution is -0.113. The molecular weight excluding hydrogens is 470 g/mol. The van der Waals surface area contributed by atoms with Crippen molar-refractivity contribution in [3.8, 4) is 11.5 Å². The highest BCUT2D eigenvalue weighted by molar-refractivity contribution is 8.27. The smallest absolute Gasteiger partial charge is 0.379 e. The molecule has 1 aliphatic rings. The molecule has 2 aromatic carbocycles. The lowest BCUT2D eigenvalue weighted by atomic mass is 10.1. The van der Waals surface area contributed by atoms with Crippen LogP contribution in [0.25, 0.3) is 6.08 Å². The van der Waals surface area contributed by atoms with Crippen LogP contribution in [0.3, 0.4) is 0 Å². The molecule has 9 heteroatoms. The lowest BCUT2D eigenvalue weighted by Crippen LogP contribution is -2.27. The lowest BCUT2D eigenvalue weighted by Gasteiger charge is -2.15. The van der Waals surface area contributed by atoms with Gasteiger partial charge in [-0.05, 0) is 60.5 Å². The number of anilines is 1. The first-order chi connectivity index (χ1) is 15.4. The first-order valence-corrected chi connectivity index (χ1v) is 11.0. The first-order valence-electron chi connectivity index (χ1n) is 9.35. The van der Waals surface area contributed by atoms with Gasteiger partial charge in [-0.25, -0.2) is 4.79 Å². The molecule has 0 radical (unpaired) electrons. The predicted molar refractivity (Wildman–Crippen MR) is 129 cm³/mol. The first kappa shape index (κ1) is 22.1. The summed E-state index contributed by atoms with van der Waals surface area (Å²) >= 11 is 13.0. The number of nitrogens with zero attached hydrogens (tertiary/aromatic N) is 1. The summed E-state index contributed by atoms with van der Waals surface area (Å²) in [5, 5.41) is 0.143. The molecule has 3 aromatic rings. The number of methoxy groups -OCH3 is 1. The van der Waals surface area contributed by atoms with Gasteiger partial charge in [-0.3, -0.25) is 9.69 Å². The summed E-state index contributed by atoms with van der Waals surface area (Å²) in [4.78, 5) is 27.2. The average Bonchev–Trinajstić information content (AvgIpc) is 3.38. The van der Waals surface area contributed by atoms with Crippen molar-refractivity contribution in [2.24, 2.45) is 0 Å². The number of ether oxygens (including phenoxy) is 2. The van der Waals surface area contributed by atoms with Crippen molar-refractivity contribution in [1.29, 1.82) is 0 Å². The molecule has 1 aromatic heterocycles. The van der Waals surface area contributed by atoms with Crippen molar-refractivity contribution >= 4 is 63.5 Å². The normalized spacial score (nSPS) is 14.8. The van der Waals surface area contributed by atoms with Gasteiger partial charge in [0.05, 0.1) is 29.0 Å². The molecule has 0 spiro atoms. The molecule has 4 rings (SSSR count). The van der Waals surface area contributed by atoms with E-state index in [0.29, 0.717) is 20.5 Å². The molecule has 6 nitrogen and oxygen atoms in total. The molecule has 0 saturated carbocycles. The van der Waals surface area contributed by atoms with Crippen molar-refractivity contribution in [3.05, 3.63) is 81.6 Å². The Bertz CT molecular complexity index is 1250. The van der Waals surface area contributed by atoms with Crippen molar-refractivity contribution in [2.45, 2.75) is 6.92 Å². The minimum atomic E-state index is -0.707. The number of amides is 1. The monoisotopic (exact) mass is 485 g/mol. The van der Waals surface area contributed by atoms with E-state index in [-0.39, 0.29) is 28.2 Å². The summed E-state index contributed by atoms with van der Waals surface area (Å²) < 4.78 is 16.2. The Morgan fingerprint density at radius 1 is 1.22 bits per heavy atom. The summed E-state index contributed by atoms with van der Waals surface area (Å²) in [6.07, 6.45) is 3.03. The highest BCUT2D eigenvalue weighted by Crippen LogP contribution is 2.40. The predicted octanol–water partition coefficient (Wildman–Crippen LogP) is 5.88. The molecule has 1 amide bonds. The average molecular weight is 486 g/mol. The number of thiocarbonyl (C=S) groups is 1. The SMILES string of the molecule is COc1cc(C=C2SC(=S)N(c3cccc(C)c3)C2=O)cc(Cl)c1OC(=O)c1ccco1. The number of hydrogen-bond donors (Lipinski definition) is 0. The Hall–Kier alpha value is -3.07. The maximum atomic E-state index is 13.0. The fourth-order valence-electron chi connectivity index (χ4n) is 3.07. The van der Waals surface area contributed by atoms with Gasteiger partial charge in [0.15, 0.2) is 15.8 Å². The van der Waals surface area contributed by atoms with Crippen molar-refractivity contribution in [2.75, 3.05) is 12.0 Å². The summed E-state index contributed by atoms with van der Waals surface area (Å²) in [6.45, 7) is 1.95. The van der Waals surface area contributed by atoms with Gasteiger partial charge < -0.3 is 13.9 Å². The molecule has 0 N–H and O–H groups in total. The maximum absolute atomic E-state index is 13.0. The molecule has 0 unspecified atom stereocenters. The zero-order valence-electron chi connectivity index (χ0n) is 17.0. The summed E-state index contributed by atoms with van der Waals surface area (Å²) in [5.74, 6) is -0.610. The Morgan fingerprint density at radius 3 is 2.72 bits per heavy atom. The molecule has 0 bridgehead atoms. The van der Waals surface area contributed by atoms with Crippen molar-refractivity contribution in [1.82, 2.24) is 0 Å². The third kappa shape index (κ3) is 4.43. The highest BCUT2D eigenvalue weighted by atomic mass is 35.5. The van der Waals surface area contributed by atoms with Crippen LogP contribution >= 0.6 is 35.6 Å². The van der Waals surface area contributed by atoms with E-state index >= 15 is 0 Å². The van der Waals surface area contributed by atoms with Crippen LogP contribution in [0.5, 0.6) is 11.5 Å². The number of halogens is 1. The zero-order valence-corrected chi connectivity index (χ0v) is 19.3. The highest BCUT2D eigenvalue weighted by Gasteiger charge is 2.33. The molecule has 2 heterocycles. The molecule has 1 fully saturated rings. The summed E-state index contributed by atoms with van der Waals surface area (Å²) in [5.41, 5.74) is 2.33. The van der Waals surface area contributed by atoms with Crippen molar-refractivity contribution in [3.63, 3.8) is 0 Å². The fourth-order valence-corrected chi connectivity index (χ4v) is 4.63. The fraction of sp³-hybridized carbons (Fsp3) is 0.0870. The van der Waals surface area contributed by atoms with Gasteiger partial charge in [-0.15, -0.1) is 0 Å². The Morgan fingerprint density at radius 2 is 2.03 bits per heavy atom. The van der Waals surface area contributed by atoms with Gasteiger partial charge in [0.2, 0.25) is 5.76 Å². The zero-order chi connectivity index (χ0) is 22.8. The van der Waals surface area contributed by atoms with E-state index in [1.807, 2.05) is 31.2 Å². The summed E-state index contributed by atoms with van der Waals surface area (Å²) in [6, 6.07) is 13.8. The number of esters is 1. The van der Waals surface area contributed by atoms with Crippen LogP contribution in [0.2, 0.25) is 5.02 Å². The van der Waals surface area contributed by atoms with Crippen LogP contribution in [0.15, 0.2) is 64.1 Å². The van der Waals surface area contributed by atoms with Crippen LogP contribution in [0.1, 0.15) is 21.7 Å². The molecule has 1 saturated heterocycles. The van der Waals surface area contributed by atoms with Gasteiger partial charge in [0, 0.05) is 0 Å². The van der Waals surface area contributed by atoms with E-state index < -0.39 is 5.97 Å². The molecule has 1 aliphatic heterocycles. The maximum Gasteiger partial charge on any atom is 0.379 e. The van der Waals surface area contributed by atoms with E-state index in [0.717, 1.165) is 5.56 Å². The Labute approximate surface area is 198 Å². The molecule has 162 valence electrons. The minimum Gasteiger partial charge on any atom is -0.493 e. The minimum absolute atomic E-state index is 0.0343.